The maximum Gasteiger partial charge on any atom is 0.270 e. The van der Waals surface area contributed by atoms with Crippen molar-refractivity contribution in [1.82, 2.24) is 5.32 Å². The van der Waals surface area contributed by atoms with E-state index in [9.17, 15) is 10.1 Å². The summed E-state index contributed by atoms with van der Waals surface area (Å²) in [5.74, 6) is 0. The summed E-state index contributed by atoms with van der Waals surface area (Å²) in [5, 5.41) is 14.0. The fourth-order valence-electron chi connectivity index (χ4n) is 1.08. The number of nitro groups is 1. The van der Waals surface area contributed by atoms with Crippen LogP contribution in [0.3, 0.4) is 0 Å². The minimum atomic E-state index is -0.439. The molecule has 0 spiro atoms. The zero-order valence-corrected chi connectivity index (χ0v) is 8.99. The summed E-state index contributed by atoms with van der Waals surface area (Å²) in [7, 11) is 1.82. The molecule has 0 saturated heterocycles. The molecule has 0 heterocycles. The molecule has 80 valence electrons. The molecule has 1 N–H and O–H groups in total. The average Bonchev–Trinajstić information content (AvgIpc) is 2.20. The SMILES string of the molecule is CNCC=Cc1cc([N+](=O)[O-])ccc1Cl. The van der Waals surface area contributed by atoms with Crippen LogP contribution in [0.2, 0.25) is 5.02 Å². The summed E-state index contributed by atoms with van der Waals surface area (Å²) in [4.78, 5) is 10.1. The Hall–Kier alpha value is -1.39. The molecule has 4 nitrogen and oxygen atoms in total. The summed E-state index contributed by atoms with van der Waals surface area (Å²) >= 11 is 5.89. The Kier molecular flexibility index (Phi) is 4.27. The van der Waals surface area contributed by atoms with Crippen molar-refractivity contribution in [2.45, 2.75) is 0 Å². The van der Waals surface area contributed by atoms with E-state index in [-0.39, 0.29) is 5.69 Å². The molecule has 1 aromatic rings. The molecule has 0 saturated carbocycles. The van der Waals surface area contributed by atoms with Gasteiger partial charge in [-0.25, -0.2) is 0 Å². The second-order valence-corrected chi connectivity index (χ2v) is 3.33. The molecule has 0 atom stereocenters. The predicted octanol–water partition coefficient (Wildman–Crippen LogP) is 2.48. The molecular formula is C10H11ClN2O2. The van der Waals surface area contributed by atoms with Gasteiger partial charge in [-0.15, -0.1) is 0 Å². The highest BCUT2D eigenvalue weighted by atomic mass is 35.5. The van der Waals surface area contributed by atoms with Crippen LogP contribution in [0.4, 0.5) is 5.69 Å². The van der Waals surface area contributed by atoms with Crippen molar-refractivity contribution in [1.29, 1.82) is 0 Å². The zero-order valence-electron chi connectivity index (χ0n) is 8.24. The topological polar surface area (TPSA) is 55.2 Å². The molecule has 0 radical (unpaired) electrons. The van der Waals surface area contributed by atoms with Gasteiger partial charge in [0.1, 0.15) is 0 Å². The molecule has 0 aromatic heterocycles. The molecular weight excluding hydrogens is 216 g/mol. The highest BCUT2D eigenvalue weighted by molar-refractivity contribution is 6.32. The fourth-order valence-corrected chi connectivity index (χ4v) is 1.26. The Balaban J connectivity index is 2.95. The Morgan fingerprint density at radius 1 is 1.60 bits per heavy atom. The molecule has 5 heteroatoms. The second kappa shape index (κ2) is 5.48. The lowest BCUT2D eigenvalue weighted by molar-refractivity contribution is -0.384. The van der Waals surface area contributed by atoms with Crippen molar-refractivity contribution >= 4 is 23.4 Å². The number of nitrogens with zero attached hydrogens (tertiary/aromatic N) is 1. The predicted molar refractivity (Wildman–Crippen MR) is 61.1 cm³/mol. The lowest BCUT2D eigenvalue weighted by atomic mass is 10.2. The van der Waals surface area contributed by atoms with Crippen LogP contribution >= 0.6 is 11.6 Å². The zero-order chi connectivity index (χ0) is 11.3. The molecule has 1 rings (SSSR count). The smallest absolute Gasteiger partial charge is 0.270 e. The van der Waals surface area contributed by atoms with Crippen LogP contribution in [0.25, 0.3) is 6.08 Å². The van der Waals surface area contributed by atoms with E-state index in [2.05, 4.69) is 5.32 Å². The van der Waals surface area contributed by atoms with E-state index in [1.165, 1.54) is 18.2 Å². The molecule has 0 fully saturated rings. The van der Waals surface area contributed by atoms with Crippen molar-refractivity contribution in [3.63, 3.8) is 0 Å². The Bertz CT molecular complexity index is 391. The first kappa shape index (κ1) is 11.7. The molecule has 15 heavy (non-hydrogen) atoms. The monoisotopic (exact) mass is 226 g/mol. The highest BCUT2D eigenvalue weighted by Gasteiger charge is 2.07. The largest absolute Gasteiger partial charge is 0.316 e. The average molecular weight is 227 g/mol. The number of non-ortho nitro benzene ring substituents is 1. The molecule has 0 aliphatic heterocycles. The van der Waals surface area contributed by atoms with Crippen LogP contribution < -0.4 is 5.32 Å². The minimum Gasteiger partial charge on any atom is -0.316 e. The molecule has 0 amide bonds. The summed E-state index contributed by atoms with van der Waals surface area (Å²) in [5.41, 5.74) is 0.699. The minimum absolute atomic E-state index is 0.0449. The number of nitrogens with one attached hydrogen (secondary N) is 1. The molecule has 1 aromatic carbocycles. The van der Waals surface area contributed by atoms with E-state index in [4.69, 9.17) is 11.6 Å². The quantitative estimate of drug-likeness (QED) is 0.634. The summed E-state index contributed by atoms with van der Waals surface area (Å²) in [6.07, 6.45) is 3.61. The van der Waals surface area contributed by atoms with Gasteiger partial charge in [0.05, 0.1) is 4.92 Å². The van der Waals surface area contributed by atoms with Crippen molar-refractivity contribution in [3.05, 3.63) is 45.0 Å². The Labute approximate surface area is 92.7 Å². The normalized spacial score (nSPS) is 10.8. The number of nitro benzene ring substituents is 1. The van der Waals surface area contributed by atoms with Gasteiger partial charge in [0.25, 0.3) is 5.69 Å². The van der Waals surface area contributed by atoms with Gasteiger partial charge in [0.15, 0.2) is 0 Å². The first-order valence-corrected chi connectivity index (χ1v) is 4.78. The lowest BCUT2D eigenvalue weighted by Gasteiger charge is -1.98. The van der Waals surface area contributed by atoms with Crippen molar-refractivity contribution in [2.75, 3.05) is 13.6 Å². The first-order valence-electron chi connectivity index (χ1n) is 4.40. The van der Waals surface area contributed by atoms with Crippen molar-refractivity contribution in [3.8, 4) is 0 Å². The Morgan fingerprint density at radius 3 is 2.93 bits per heavy atom. The van der Waals surface area contributed by atoms with Crippen molar-refractivity contribution < 1.29 is 4.92 Å². The third-order valence-corrected chi connectivity index (χ3v) is 2.15. The number of rotatable bonds is 4. The van der Waals surface area contributed by atoms with Gasteiger partial charge in [-0.1, -0.05) is 23.8 Å². The van der Waals surface area contributed by atoms with Crippen LogP contribution in [0, 0.1) is 10.1 Å². The van der Waals surface area contributed by atoms with Gasteiger partial charge in [0, 0.05) is 23.7 Å². The van der Waals surface area contributed by atoms with Gasteiger partial charge in [-0.3, -0.25) is 10.1 Å². The van der Waals surface area contributed by atoms with Gasteiger partial charge in [-0.2, -0.15) is 0 Å². The second-order valence-electron chi connectivity index (χ2n) is 2.92. The van der Waals surface area contributed by atoms with Crippen LogP contribution in [0.5, 0.6) is 0 Å². The number of halogens is 1. The highest BCUT2D eigenvalue weighted by Crippen LogP contribution is 2.22. The van der Waals surface area contributed by atoms with Gasteiger partial charge in [-0.05, 0) is 18.7 Å². The van der Waals surface area contributed by atoms with E-state index in [0.717, 1.165) is 0 Å². The lowest BCUT2D eigenvalue weighted by Crippen LogP contribution is -2.03. The van der Waals surface area contributed by atoms with E-state index >= 15 is 0 Å². The third kappa shape index (κ3) is 3.34. The van der Waals surface area contributed by atoms with Crippen LogP contribution in [-0.4, -0.2) is 18.5 Å². The van der Waals surface area contributed by atoms with Gasteiger partial charge >= 0.3 is 0 Å². The summed E-state index contributed by atoms with van der Waals surface area (Å²) in [6.45, 7) is 0.693. The molecule has 0 unspecified atom stereocenters. The van der Waals surface area contributed by atoms with Crippen LogP contribution in [0.15, 0.2) is 24.3 Å². The van der Waals surface area contributed by atoms with E-state index in [0.29, 0.717) is 17.1 Å². The summed E-state index contributed by atoms with van der Waals surface area (Å²) in [6, 6.07) is 4.37. The summed E-state index contributed by atoms with van der Waals surface area (Å²) < 4.78 is 0. The maximum atomic E-state index is 10.5. The standard InChI is InChI=1S/C10H11ClN2O2/c1-12-6-2-3-8-7-9(13(14)15)4-5-10(8)11/h2-5,7,12H,6H2,1H3. The number of hydrogen-bond donors (Lipinski definition) is 1. The number of hydrogen-bond acceptors (Lipinski definition) is 3. The van der Waals surface area contributed by atoms with E-state index in [1.54, 1.807) is 6.08 Å². The van der Waals surface area contributed by atoms with E-state index in [1.807, 2.05) is 13.1 Å². The molecule has 0 aliphatic carbocycles. The Morgan fingerprint density at radius 2 is 2.33 bits per heavy atom. The third-order valence-electron chi connectivity index (χ3n) is 1.81. The van der Waals surface area contributed by atoms with Crippen LogP contribution in [0.1, 0.15) is 5.56 Å². The first-order chi connectivity index (χ1) is 7.15. The van der Waals surface area contributed by atoms with Crippen LogP contribution in [-0.2, 0) is 0 Å². The molecule has 0 aliphatic rings. The fraction of sp³-hybridized carbons (Fsp3) is 0.200. The van der Waals surface area contributed by atoms with E-state index < -0.39 is 4.92 Å². The number of benzene rings is 1. The van der Waals surface area contributed by atoms with Gasteiger partial charge < -0.3 is 5.32 Å². The molecule has 0 bridgehead atoms. The number of likely N-dealkylation sites (N-methyl/N-ethyl adjacent to an activating group) is 1. The maximum absolute atomic E-state index is 10.5. The van der Waals surface area contributed by atoms with Crippen molar-refractivity contribution in [2.24, 2.45) is 0 Å². The van der Waals surface area contributed by atoms with Gasteiger partial charge in [0.2, 0.25) is 0 Å².